The third kappa shape index (κ3) is 3.82. The summed E-state index contributed by atoms with van der Waals surface area (Å²) in [6.07, 6.45) is 0.876. The number of hydrogen-bond donors (Lipinski definition) is 2. The van der Waals surface area contributed by atoms with Crippen LogP contribution in [0.2, 0.25) is 0 Å². The first-order valence-electron chi connectivity index (χ1n) is 6.10. The van der Waals surface area contributed by atoms with E-state index in [9.17, 15) is 9.90 Å². The van der Waals surface area contributed by atoms with Crippen molar-refractivity contribution >= 4 is 5.97 Å². The number of rotatable bonds is 6. The van der Waals surface area contributed by atoms with Gasteiger partial charge in [0.25, 0.3) is 0 Å². The molecule has 1 aromatic rings. The van der Waals surface area contributed by atoms with Crippen molar-refractivity contribution in [2.45, 2.75) is 31.9 Å². The minimum atomic E-state index is -1.50. The Morgan fingerprint density at radius 2 is 2.06 bits per heavy atom. The molecule has 0 amide bonds. The molecule has 0 aromatic heterocycles. The molecular formula is C14H21NO3. The molecule has 0 fully saturated rings. The number of methoxy groups -OCH3 is 1. The lowest BCUT2D eigenvalue weighted by Gasteiger charge is -2.25. The average molecular weight is 251 g/mol. The summed E-state index contributed by atoms with van der Waals surface area (Å²) in [6, 6.07) is 10.1. The van der Waals surface area contributed by atoms with Crippen molar-refractivity contribution in [3.8, 4) is 0 Å². The molecule has 1 rings (SSSR count). The van der Waals surface area contributed by atoms with Gasteiger partial charge < -0.3 is 15.2 Å². The second-order valence-corrected chi connectivity index (χ2v) is 4.52. The Morgan fingerprint density at radius 3 is 2.56 bits per heavy atom. The number of aliphatic hydroxyl groups is 1. The molecule has 100 valence electrons. The second-order valence-electron chi connectivity index (χ2n) is 4.52. The van der Waals surface area contributed by atoms with Gasteiger partial charge in [-0.05, 0) is 18.9 Å². The molecule has 0 aliphatic carbocycles. The zero-order valence-corrected chi connectivity index (χ0v) is 11.1. The molecule has 18 heavy (non-hydrogen) atoms. The SMILES string of the molecule is CCC(NCC(C)(O)C(=O)OC)c1ccccc1. The molecule has 0 heterocycles. The molecule has 4 nitrogen and oxygen atoms in total. The maximum Gasteiger partial charge on any atom is 0.338 e. The lowest BCUT2D eigenvalue weighted by atomic mass is 10.0. The van der Waals surface area contributed by atoms with E-state index >= 15 is 0 Å². The Labute approximate surface area is 108 Å². The zero-order chi connectivity index (χ0) is 13.6. The summed E-state index contributed by atoms with van der Waals surface area (Å²) in [7, 11) is 1.27. The summed E-state index contributed by atoms with van der Waals surface area (Å²) in [6.45, 7) is 3.66. The Bertz CT molecular complexity index is 376. The minimum absolute atomic E-state index is 0.113. The van der Waals surface area contributed by atoms with Crippen LogP contribution in [0.25, 0.3) is 0 Å². The molecule has 1 aromatic carbocycles. The molecule has 0 saturated heterocycles. The van der Waals surface area contributed by atoms with Crippen LogP contribution in [0.15, 0.2) is 30.3 Å². The molecule has 2 N–H and O–H groups in total. The number of esters is 1. The fourth-order valence-electron chi connectivity index (χ4n) is 1.80. The lowest BCUT2D eigenvalue weighted by molar-refractivity contribution is -0.160. The van der Waals surface area contributed by atoms with E-state index < -0.39 is 11.6 Å². The van der Waals surface area contributed by atoms with Crippen molar-refractivity contribution in [1.29, 1.82) is 0 Å². The molecule has 4 heteroatoms. The van der Waals surface area contributed by atoms with Gasteiger partial charge in [0.15, 0.2) is 5.60 Å². The maximum absolute atomic E-state index is 11.4. The van der Waals surface area contributed by atoms with Crippen LogP contribution in [0.4, 0.5) is 0 Å². The van der Waals surface area contributed by atoms with Gasteiger partial charge in [-0.1, -0.05) is 37.3 Å². The van der Waals surface area contributed by atoms with Crippen LogP contribution in [0.1, 0.15) is 31.9 Å². The zero-order valence-electron chi connectivity index (χ0n) is 11.1. The van der Waals surface area contributed by atoms with Gasteiger partial charge in [0, 0.05) is 12.6 Å². The van der Waals surface area contributed by atoms with Crippen LogP contribution < -0.4 is 5.32 Å². The van der Waals surface area contributed by atoms with Crippen LogP contribution in [0.3, 0.4) is 0 Å². The number of benzene rings is 1. The minimum Gasteiger partial charge on any atom is -0.467 e. The van der Waals surface area contributed by atoms with Gasteiger partial charge >= 0.3 is 5.97 Å². The molecule has 0 bridgehead atoms. The Kier molecular flexibility index (Phi) is 5.31. The van der Waals surface area contributed by atoms with Gasteiger partial charge in [-0.2, -0.15) is 0 Å². The Hall–Kier alpha value is -1.39. The summed E-state index contributed by atoms with van der Waals surface area (Å²) in [5.74, 6) is -0.627. The fraction of sp³-hybridized carbons (Fsp3) is 0.500. The highest BCUT2D eigenvalue weighted by atomic mass is 16.5. The Balaban J connectivity index is 2.63. The molecule has 0 aliphatic rings. The van der Waals surface area contributed by atoms with Crippen LogP contribution in [-0.4, -0.2) is 30.3 Å². The molecular weight excluding hydrogens is 230 g/mol. The molecule has 0 spiro atoms. The van der Waals surface area contributed by atoms with E-state index in [0.29, 0.717) is 0 Å². The Morgan fingerprint density at radius 1 is 1.44 bits per heavy atom. The van der Waals surface area contributed by atoms with E-state index in [-0.39, 0.29) is 12.6 Å². The molecule has 2 unspecified atom stereocenters. The first kappa shape index (κ1) is 14.7. The largest absolute Gasteiger partial charge is 0.467 e. The standard InChI is InChI=1S/C14H21NO3/c1-4-12(11-8-6-5-7-9-11)15-10-14(2,17)13(16)18-3/h5-9,12,15,17H,4,10H2,1-3H3. The topological polar surface area (TPSA) is 58.6 Å². The smallest absolute Gasteiger partial charge is 0.338 e. The third-order valence-electron chi connectivity index (χ3n) is 2.93. The van der Waals surface area contributed by atoms with Crippen molar-refractivity contribution in [2.75, 3.05) is 13.7 Å². The normalized spacial score (nSPS) is 15.8. The highest BCUT2D eigenvalue weighted by Crippen LogP contribution is 2.17. The van der Waals surface area contributed by atoms with Gasteiger partial charge in [-0.15, -0.1) is 0 Å². The summed E-state index contributed by atoms with van der Waals surface area (Å²) in [5, 5.41) is 13.1. The van der Waals surface area contributed by atoms with Gasteiger partial charge in [0.05, 0.1) is 7.11 Å². The van der Waals surface area contributed by atoms with Crippen molar-refractivity contribution in [1.82, 2.24) is 5.32 Å². The average Bonchev–Trinajstić information content (AvgIpc) is 2.39. The van der Waals surface area contributed by atoms with Crippen molar-refractivity contribution in [3.05, 3.63) is 35.9 Å². The van der Waals surface area contributed by atoms with Gasteiger partial charge in [0.1, 0.15) is 0 Å². The summed E-state index contributed by atoms with van der Waals surface area (Å²) < 4.78 is 4.56. The molecule has 0 saturated carbocycles. The van der Waals surface area contributed by atoms with Crippen molar-refractivity contribution in [3.63, 3.8) is 0 Å². The highest BCUT2D eigenvalue weighted by Gasteiger charge is 2.31. The fourth-order valence-corrected chi connectivity index (χ4v) is 1.80. The summed E-state index contributed by atoms with van der Waals surface area (Å²) >= 11 is 0. The second kappa shape index (κ2) is 6.52. The van der Waals surface area contributed by atoms with E-state index in [2.05, 4.69) is 17.0 Å². The lowest BCUT2D eigenvalue weighted by Crippen LogP contribution is -2.46. The van der Waals surface area contributed by atoms with Gasteiger partial charge in [0.2, 0.25) is 0 Å². The monoisotopic (exact) mass is 251 g/mol. The van der Waals surface area contributed by atoms with Crippen LogP contribution in [0.5, 0.6) is 0 Å². The number of carbonyl (C=O) groups excluding carboxylic acids is 1. The van der Waals surface area contributed by atoms with Crippen molar-refractivity contribution in [2.24, 2.45) is 0 Å². The number of ether oxygens (including phenoxy) is 1. The van der Waals surface area contributed by atoms with E-state index in [1.54, 1.807) is 0 Å². The predicted molar refractivity (Wildman–Crippen MR) is 70.1 cm³/mol. The number of carbonyl (C=O) groups is 1. The summed E-state index contributed by atoms with van der Waals surface area (Å²) in [5.41, 5.74) is -0.364. The maximum atomic E-state index is 11.4. The van der Waals surface area contributed by atoms with Crippen LogP contribution in [0, 0.1) is 0 Å². The van der Waals surface area contributed by atoms with E-state index in [4.69, 9.17) is 0 Å². The molecule has 0 radical (unpaired) electrons. The van der Waals surface area contributed by atoms with E-state index in [0.717, 1.165) is 12.0 Å². The first-order chi connectivity index (χ1) is 8.51. The predicted octanol–water partition coefficient (Wildman–Crippen LogP) is 1.65. The van der Waals surface area contributed by atoms with Crippen molar-refractivity contribution < 1.29 is 14.6 Å². The third-order valence-corrected chi connectivity index (χ3v) is 2.93. The number of hydrogen-bond acceptors (Lipinski definition) is 4. The van der Waals surface area contributed by atoms with Crippen LogP contribution in [-0.2, 0) is 9.53 Å². The van der Waals surface area contributed by atoms with Gasteiger partial charge in [-0.25, -0.2) is 4.79 Å². The highest BCUT2D eigenvalue weighted by molar-refractivity contribution is 5.78. The summed E-state index contributed by atoms with van der Waals surface area (Å²) in [4.78, 5) is 11.4. The number of nitrogens with one attached hydrogen (secondary N) is 1. The first-order valence-corrected chi connectivity index (χ1v) is 6.10. The molecule has 0 aliphatic heterocycles. The molecule has 2 atom stereocenters. The van der Waals surface area contributed by atoms with Crippen LogP contribution >= 0.6 is 0 Å². The van der Waals surface area contributed by atoms with E-state index in [1.165, 1.54) is 14.0 Å². The van der Waals surface area contributed by atoms with Gasteiger partial charge in [-0.3, -0.25) is 0 Å². The van der Waals surface area contributed by atoms with E-state index in [1.807, 2.05) is 30.3 Å². The quantitative estimate of drug-likeness (QED) is 0.755.